The van der Waals surface area contributed by atoms with Crippen LogP contribution >= 0.6 is 0 Å². The molecular formula is C16H18N2O4. The van der Waals surface area contributed by atoms with Crippen LogP contribution in [0.15, 0.2) is 45.6 Å². The highest BCUT2D eigenvalue weighted by Gasteiger charge is 2.19. The van der Waals surface area contributed by atoms with Crippen molar-refractivity contribution in [2.45, 2.75) is 13.5 Å². The van der Waals surface area contributed by atoms with Crippen molar-refractivity contribution in [3.8, 4) is 5.75 Å². The van der Waals surface area contributed by atoms with Crippen LogP contribution in [0.25, 0.3) is 0 Å². The predicted molar refractivity (Wildman–Crippen MR) is 81.9 cm³/mol. The average Bonchev–Trinajstić information content (AvgIpc) is 2.52. The molecule has 0 fully saturated rings. The van der Waals surface area contributed by atoms with Crippen LogP contribution in [-0.2, 0) is 6.61 Å². The molecule has 0 unspecified atom stereocenters. The highest BCUT2D eigenvalue weighted by molar-refractivity contribution is 5.93. The van der Waals surface area contributed by atoms with Gasteiger partial charge >= 0.3 is 0 Å². The lowest BCUT2D eigenvalue weighted by atomic mass is 10.2. The summed E-state index contributed by atoms with van der Waals surface area (Å²) in [4.78, 5) is 24.1. The number of nitrogens with two attached hydrogens (primary N) is 1. The first-order valence-electron chi connectivity index (χ1n) is 6.91. The van der Waals surface area contributed by atoms with Crippen molar-refractivity contribution < 1.29 is 13.9 Å². The fourth-order valence-electron chi connectivity index (χ4n) is 1.88. The van der Waals surface area contributed by atoms with Gasteiger partial charge in [0.25, 0.3) is 5.91 Å². The van der Waals surface area contributed by atoms with E-state index < -0.39 is 11.3 Å². The van der Waals surface area contributed by atoms with Crippen LogP contribution in [0.3, 0.4) is 0 Å². The van der Waals surface area contributed by atoms with Crippen LogP contribution < -0.4 is 21.2 Å². The first-order valence-corrected chi connectivity index (χ1v) is 6.91. The molecule has 0 aliphatic carbocycles. The van der Waals surface area contributed by atoms with Gasteiger partial charge in [-0.15, -0.1) is 0 Å². The molecule has 1 heterocycles. The van der Waals surface area contributed by atoms with Gasteiger partial charge in [-0.05, 0) is 12.5 Å². The summed E-state index contributed by atoms with van der Waals surface area (Å²) in [7, 11) is 0. The van der Waals surface area contributed by atoms with Gasteiger partial charge in [0.2, 0.25) is 16.9 Å². The lowest BCUT2D eigenvalue weighted by Gasteiger charge is -2.10. The SMILES string of the molecule is Cc1cc(=O)c(OCc2ccccc2)c(C(=O)NCCN)o1. The van der Waals surface area contributed by atoms with Crippen LogP contribution in [0.2, 0.25) is 0 Å². The number of amides is 1. The van der Waals surface area contributed by atoms with Gasteiger partial charge in [-0.3, -0.25) is 9.59 Å². The maximum Gasteiger partial charge on any atom is 0.291 e. The van der Waals surface area contributed by atoms with E-state index in [-0.39, 0.29) is 24.7 Å². The molecule has 0 radical (unpaired) electrons. The molecule has 0 saturated heterocycles. The monoisotopic (exact) mass is 302 g/mol. The number of carbonyl (C=O) groups excluding carboxylic acids is 1. The summed E-state index contributed by atoms with van der Waals surface area (Å²) >= 11 is 0. The molecule has 2 aromatic rings. The van der Waals surface area contributed by atoms with Crippen LogP contribution in [0.5, 0.6) is 5.75 Å². The molecule has 0 aliphatic heterocycles. The van der Waals surface area contributed by atoms with Gasteiger partial charge in [-0.25, -0.2) is 0 Å². The molecule has 0 bridgehead atoms. The van der Waals surface area contributed by atoms with Gasteiger partial charge in [0, 0.05) is 19.2 Å². The summed E-state index contributed by atoms with van der Waals surface area (Å²) in [5.41, 5.74) is 5.84. The van der Waals surface area contributed by atoms with Crippen molar-refractivity contribution in [3.05, 3.63) is 63.7 Å². The third-order valence-electron chi connectivity index (χ3n) is 2.89. The minimum atomic E-state index is -0.519. The third-order valence-corrected chi connectivity index (χ3v) is 2.89. The van der Waals surface area contributed by atoms with E-state index in [1.165, 1.54) is 6.07 Å². The van der Waals surface area contributed by atoms with E-state index in [0.717, 1.165) is 5.56 Å². The molecule has 3 N–H and O–H groups in total. The highest BCUT2D eigenvalue weighted by Crippen LogP contribution is 2.16. The summed E-state index contributed by atoms with van der Waals surface area (Å²) in [6, 6.07) is 10.6. The van der Waals surface area contributed by atoms with Crippen molar-refractivity contribution in [2.24, 2.45) is 5.73 Å². The fourth-order valence-corrected chi connectivity index (χ4v) is 1.88. The lowest BCUT2D eigenvalue weighted by Crippen LogP contribution is -2.30. The zero-order chi connectivity index (χ0) is 15.9. The maximum atomic E-state index is 12.1. The Morgan fingerprint density at radius 2 is 2.05 bits per heavy atom. The molecule has 0 atom stereocenters. The number of nitrogens with one attached hydrogen (secondary N) is 1. The normalized spacial score (nSPS) is 10.3. The molecule has 0 spiro atoms. The second-order valence-corrected chi connectivity index (χ2v) is 4.70. The van der Waals surface area contributed by atoms with Gasteiger partial charge < -0.3 is 20.2 Å². The maximum absolute atomic E-state index is 12.1. The number of hydrogen-bond donors (Lipinski definition) is 2. The number of rotatable bonds is 6. The fraction of sp³-hybridized carbons (Fsp3) is 0.250. The quantitative estimate of drug-likeness (QED) is 0.836. The van der Waals surface area contributed by atoms with E-state index in [2.05, 4.69) is 5.32 Å². The average molecular weight is 302 g/mol. The Morgan fingerprint density at radius 3 is 2.73 bits per heavy atom. The summed E-state index contributed by atoms with van der Waals surface area (Å²) < 4.78 is 10.9. The first kappa shape index (κ1) is 15.8. The Bertz CT molecular complexity index is 695. The second-order valence-electron chi connectivity index (χ2n) is 4.70. The van der Waals surface area contributed by atoms with Crippen molar-refractivity contribution in [3.63, 3.8) is 0 Å². The first-order chi connectivity index (χ1) is 10.6. The molecule has 1 amide bonds. The minimum absolute atomic E-state index is 0.0935. The summed E-state index contributed by atoms with van der Waals surface area (Å²) in [5.74, 6) is -0.400. The number of ether oxygens (including phenoxy) is 1. The van der Waals surface area contributed by atoms with E-state index in [1.54, 1.807) is 6.92 Å². The van der Waals surface area contributed by atoms with E-state index in [1.807, 2.05) is 30.3 Å². The molecule has 0 aliphatic rings. The number of hydrogen-bond acceptors (Lipinski definition) is 5. The van der Waals surface area contributed by atoms with E-state index in [4.69, 9.17) is 14.9 Å². The van der Waals surface area contributed by atoms with Crippen LogP contribution in [-0.4, -0.2) is 19.0 Å². The van der Waals surface area contributed by atoms with E-state index in [9.17, 15) is 9.59 Å². The van der Waals surface area contributed by atoms with Gasteiger partial charge in [0.1, 0.15) is 12.4 Å². The summed E-state index contributed by atoms with van der Waals surface area (Å²) in [6.07, 6.45) is 0. The summed E-state index contributed by atoms with van der Waals surface area (Å²) in [6.45, 7) is 2.35. The Labute approximate surface area is 127 Å². The van der Waals surface area contributed by atoms with Crippen molar-refractivity contribution in [1.29, 1.82) is 0 Å². The molecule has 6 heteroatoms. The number of carbonyl (C=O) groups is 1. The van der Waals surface area contributed by atoms with Gasteiger partial charge in [0.05, 0.1) is 0 Å². The Balaban J connectivity index is 2.25. The molecule has 22 heavy (non-hydrogen) atoms. The van der Waals surface area contributed by atoms with Crippen molar-refractivity contribution in [1.82, 2.24) is 5.32 Å². The molecular weight excluding hydrogens is 284 g/mol. The van der Waals surface area contributed by atoms with Crippen molar-refractivity contribution in [2.75, 3.05) is 13.1 Å². The zero-order valence-corrected chi connectivity index (χ0v) is 12.3. The molecule has 6 nitrogen and oxygen atoms in total. The van der Waals surface area contributed by atoms with Gasteiger partial charge in [0.15, 0.2) is 0 Å². The van der Waals surface area contributed by atoms with Gasteiger partial charge in [-0.1, -0.05) is 30.3 Å². The largest absolute Gasteiger partial charge is 0.481 e. The van der Waals surface area contributed by atoms with E-state index in [0.29, 0.717) is 12.3 Å². The lowest BCUT2D eigenvalue weighted by molar-refractivity contribution is 0.0914. The van der Waals surface area contributed by atoms with Crippen LogP contribution in [0, 0.1) is 6.92 Å². The molecule has 116 valence electrons. The van der Waals surface area contributed by atoms with Gasteiger partial charge in [-0.2, -0.15) is 0 Å². The topological polar surface area (TPSA) is 94.6 Å². The summed E-state index contributed by atoms with van der Waals surface area (Å²) in [5, 5.41) is 2.57. The Hall–Kier alpha value is -2.60. The molecule has 2 rings (SSSR count). The van der Waals surface area contributed by atoms with E-state index >= 15 is 0 Å². The highest BCUT2D eigenvalue weighted by atomic mass is 16.5. The minimum Gasteiger partial charge on any atom is -0.481 e. The van der Waals surface area contributed by atoms with Crippen LogP contribution in [0.4, 0.5) is 0 Å². The smallest absolute Gasteiger partial charge is 0.291 e. The van der Waals surface area contributed by atoms with Crippen LogP contribution in [0.1, 0.15) is 21.9 Å². The molecule has 1 aromatic heterocycles. The molecule has 0 saturated carbocycles. The predicted octanol–water partition coefficient (Wildman–Crippen LogP) is 1.22. The Kier molecular flexibility index (Phi) is 5.32. The zero-order valence-electron chi connectivity index (χ0n) is 12.3. The molecule has 1 aromatic carbocycles. The standard InChI is InChI=1S/C16H18N2O4/c1-11-9-13(19)14(15(22-11)16(20)18-8-7-17)21-10-12-5-3-2-4-6-12/h2-6,9H,7-8,10,17H2,1H3,(H,18,20). The second kappa shape index (κ2) is 7.42. The van der Waals surface area contributed by atoms with Crippen molar-refractivity contribution >= 4 is 5.91 Å². The Morgan fingerprint density at radius 1 is 1.32 bits per heavy atom. The number of benzene rings is 1. The third kappa shape index (κ3) is 3.95. The number of aryl methyl sites for hydroxylation is 1.